The van der Waals surface area contributed by atoms with Gasteiger partial charge in [0, 0.05) is 17.8 Å². The summed E-state index contributed by atoms with van der Waals surface area (Å²) in [5, 5.41) is 0. The second-order valence-corrected chi connectivity index (χ2v) is 2.51. The van der Waals surface area contributed by atoms with Gasteiger partial charge in [-0.05, 0) is 0 Å². The Kier molecular flexibility index (Phi) is 2.78. The maximum Gasteiger partial charge on any atom is 0.433 e. The van der Waals surface area contributed by atoms with Crippen LogP contribution in [0.2, 0.25) is 0 Å². The van der Waals surface area contributed by atoms with E-state index in [1.807, 2.05) is 0 Å². The molecule has 1 aromatic heterocycles. The summed E-state index contributed by atoms with van der Waals surface area (Å²) in [5.41, 5.74) is -0.541. The molecule has 0 radical (unpaired) electrons. The van der Waals surface area contributed by atoms with Gasteiger partial charge in [-0.25, -0.2) is 0 Å². The number of alkyl halides is 3. The maximum absolute atomic E-state index is 12.2. The highest BCUT2D eigenvalue weighted by atomic mass is 19.4. The minimum absolute atomic E-state index is 0.113. The molecule has 1 aromatic rings. The third kappa shape index (κ3) is 2.04. The molecule has 0 saturated heterocycles. The van der Waals surface area contributed by atoms with E-state index < -0.39 is 11.9 Å². The van der Waals surface area contributed by atoms with Gasteiger partial charge in [0.2, 0.25) is 0 Å². The van der Waals surface area contributed by atoms with Gasteiger partial charge in [0.05, 0.1) is 7.11 Å². The SMILES string of the molecule is C=Cc1cnc(C(F)(F)F)cc1OC. The van der Waals surface area contributed by atoms with Gasteiger partial charge in [0.1, 0.15) is 11.4 Å². The molecule has 0 atom stereocenters. The van der Waals surface area contributed by atoms with Crippen LogP contribution in [-0.4, -0.2) is 12.1 Å². The number of aromatic nitrogens is 1. The van der Waals surface area contributed by atoms with E-state index in [1.165, 1.54) is 13.2 Å². The number of nitrogens with zero attached hydrogens (tertiary/aromatic N) is 1. The van der Waals surface area contributed by atoms with Crippen molar-refractivity contribution in [3.63, 3.8) is 0 Å². The molecule has 0 aromatic carbocycles. The minimum atomic E-state index is -4.45. The summed E-state index contributed by atoms with van der Waals surface area (Å²) in [5.74, 6) is 0.113. The van der Waals surface area contributed by atoms with Crippen LogP contribution in [0.5, 0.6) is 5.75 Å². The fraction of sp³-hybridized carbons (Fsp3) is 0.222. The molecule has 0 aliphatic heterocycles. The smallest absolute Gasteiger partial charge is 0.433 e. The van der Waals surface area contributed by atoms with Crippen molar-refractivity contribution in [2.75, 3.05) is 7.11 Å². The van der Waals surface area contributed by atoms with Crippen molar-refractivity contribution in [3.8, 4) is 5.75 Å². The van der Waals surface area contributed by atoms with Crippen LogP contribution in [0.1, 0.15) is 11.3 Å². The summed E-state index contributed by atoms with van der Waals surface area (Å²) >= 11 is 0. The molecular weight excluding hydrogens is 195 g/mol. The zero-order valence-electron chi connectivity index (χ0n) is 7.43. The van der Waals surface area contributed by atoms with E-state index in [0.29, 0.717) is 5.56 Å². The van der Waals surface area contributed by atoms with E-state index in [2.05, 4.69) is 11.6 Å². The van der Waals surface area contributed by atoms with Crippen LogP contribution in [0.4, 0.5) is 13.2 Å². The van der Waals surface area contributed by atoms with Crippen molar-refractivity contribution in [3.05, 3.63) is 30.1 Å². The molecule has 0 amide bonds. The van der Waals surface area contributed by atoms with Gasteiger partial charge >= 0.3 is 6.18 Å². The normalized spacial score (nSPS) is 11.1. The molecule has 0 unspecified atom stereocenters. The third-order valence-electron chi connectivity index (χ3n) is 1.63. The lowest BCUT2D eigenvalue weighted by Crippen LogP contribution is -2.08. The Balaban J connectivity index is 3.21. The Hall–Kier alpha value is -1.52. The van der Waals surface area contributed by atoms with Crippen LogP contribution in [0.15, 0.2) is 18.8 Å². The van der Waals surface area contributed by atoms with Gasteiger partial charge < -0.3 is 4.74 Å². The first-order valence-corrected chi connectivity index (χ1v) is 3.72. The molecule has 2 nitrogen and oxygen atoms in total. The zero-order chi connectivity index (χ0) is 10.8. The molecule has 14 heavy (non-hydrogen) atoms. The highest BCUT2D eigenvalue weighted by molar-refractivity contribution is 5.54. The lowest BCUT2D eigenvalue weighted by Gasteiger charge is -2.09. The second kappa shape index (κ2) is 3.69. The van der Waals surface area contributed by atoms with E-state index in [-0.39, 0.29) is 5.75 Å². The highest BCUT2D eigenvalue weighted by Gasteiger charge is 2.33. The summed E-state index contributed by atoms with van der Waals surface area (Å²) in [4.78, 5) is 3.25. The van der Waals surface area contributed by atoms with E-state index >= 15 is 0 Å². The summed E-state index contributed by atoms with van der Waals surface area (Å²) < 4.78 is 41.3. The van der Waals surface area contributed by atoms with E-state index in [0.717, 1.165) is 12.3 Å². The van der Waals surface area contributed by atoms with E-state index in [9.17, 15) is 13.2 Å². The van der Waals surface area contributed by atoms with Crippen LogP contribution < -0.4 is 4.74 Å². The van der Waals surface area contributed by atoms with E-state index in [1.54, 1.807) is 0 Å². The van der Waals surface area contributed by atoms with Crippen molar-refractivity contribution in [1.82, 2.24) is 4.98 Å². The average molecular weight is 203 g/mol. The number of hydrogen-bond donors (Lipinski definition) is 0. The first-order valence-electron chi connectivity index (χ1n) is 3.72. The Morgan fingerprint density at radius 2 is 2.14 bits per heavy atom. The van der Waals surface area contributed by atoms with Gasteiger partial charge in [-0.3, -0.25) is 4.98 Å². The van der Waals surface area contributed by atoms with E-state index in [4.69, 9.17) is 4.74 Å². The minimum Gasteiger partial charge on any atom is -0.496 e. The summed E-state index contributed by atoms with van der Waals surface area (Å²) in [6.45, 7) is 3.43. The van der Waals surface area contributed by atoms with Crippen molar-refractivity contribution in [1.29, 1.82) is 0 Å². The molecule has 0 aliphatic rings. The summed E-state index contributed by atoms with van der Waals surface area (Å²) in [6.07, 6.45) is -1.99. The number of halogens is 3. The molecule has 0 bridgehead atoms. The first kappa shape index (κ1) is 10.6. The first-order chi connectivity index (χ1) is 6.49. The Bertz CT molecular complexity index is 346. The predicted octanol–water partition coefficient (Wildman–Crippen LogP) is 2.75. The lowest BCUT2D eigenvalue weighted by atomic mass is 10.2. The Labute approximate surface area is 79.0 Å². The quantitative estimate of drug-likeness (QED) is 0.737. The summed E-state index contributed by atoms with van der Waals surface area (Å²) in [6, 6.07) is 0.844. The summed E-state index contributed by atoms with van der Waals surface area (Å²) in [7, 11) is 1.29. The molecule has 0 aliphatic carbocycles. The van der Waals surface area contributed by atoms with Crippen LogP contribution in [-0.2, 0) is 6.18 Å². The Morgan fingerprint density at radius 1 is 1.50 bits per heavy atom. The van der Waals surface area contributed by atoms with Crippen LogP contribution in [0.3, 0.4) is 0 Å². The molecule has 0 fully saturated rings. The molecule has 1 heterocycles. The number of methoxy groups -OCH3 is 1. The molecule has 0 saturated carbocycles. The molecule has 0 N–H and O–H groups in total. The van der Waals surface area contributed by atoms with Gasteiger partial charge in [-0.15, -0.1) is 0 Å². The predicted molar refractivity (Wildman–Crippen MR) is 45.9 cm³/mol. The highest BCUT2D eigenvalue weighted by Crippen LogP contribution is 2.31. The molecule has 76 valence electrons. The fourth-order valence-electron chi connectivity index (χ4n) is 0.933. The monoisotopic (exact) mass is 203 g/mol. The topological polar surface area (TPSA) is 22.1 Å². The van der Waals surface area contributed by atoms with Gasteiger partial charge in [-0.1, -0.05) is 12.7 Å². The van der Waals surface area contributed by atoms with Crippen LogP contribution in [0.25, 0.3) is 6.08 Å². The van der Waals surface area contributed by atoms with Crippen molar-refractivity contribution >= 4 is 6.08 Å². The van der Waals surface area contributed by atoms with Crippen molar-refractivity contribution in [2.45, 2.75) is 6.18 Å². The number of pyridine rings is 1. The third-order valence-corrected chi connectivity index (χ3v) is 1.63. The average Bonchev–Trinajstić information content (AvgIpc) is 2.15. The number of ether oxygens (including phenoxy) is 1. The second-order valence-electron chi connectivity index (χ2n) is 2.51. The van der Waals surface area contributed by atoms with Crippen molar-refractivity contribution < 1.29 is 17.9 Å². The Morgan fingerprint density at radius 3 is 2.57 bits per heavy atom. The molecule has 5 heteroatoms. The zero-order valence-corrected chi connectivity index (χ0v) is 7.43. The molecule has 0 spiro atoms. The number of rotatable bonds is 2. The van der Waals surface area contributed by atoms with Gasteiger partial charge in [0.15, 0.2) is 0 Å². The standard InChI is InChI=1S/C9H8F3NO/c1-3-6-5-13-8(9(10,11)12)4-7(6)14-2/h3-5H,1H2,2H3. The largest absolute Gasteiger partial charge is 0.496 e. The van der Waals surface area contributed by atoms with Gasteiger partial charge in [0.25, 0.3) is 0 Å². The van der Waals surface area contributed by atoms with Crippen molar-refractivity contribution in [2.24, 2.45) is 0 Å². The molecule has 1 rings (SSSR count). The fourth-order valence-corrected chi connectivity index (χ4v) is 0.933. The van der Waals surface area contributed by atoms with Gasteiger partial charge in [-0.2, -0.15) is 13.2 Å². The molecular formula is C9H8F3NO. The van der Waals surface area contributed by atoms with Crippen LogP contribution in [0, 0.1) is 0 Å². The lowest BCUT2D eigenvalue weighted by molar-refractivity contribution is -0.141. The number of hydrogen-bond acceptors (Lipinski definition) is 2. The maximum atomic E-state index is 12.2. The van der Waals surface area contributed by atoms with Crippen LogP contribution >= 0.6 is 0 Å².